The summed E-state index contributed by atoms with van der Waals surface area (Å²) in [6.45, 7) is 3.17. The molecule has 0 spiro atoms. The van der Waals surface area contributed by atoms with Crippen LogP contribution in [0.15, 0.2) is 0 Å². The second-order valence-corrected chi connectivity index (χ2v) is 5.01. The Morgan fingerprint density at radius 2 is 2.13 bits per heavy atom. The molecular weight excluding hydrogens is 206 g/mol. The third kappa shape index (κ3) is 3.16. The zero-order valence-electron chi connectivity index (χ0n) is 9.33. The van der Waals surface area contributed by atoms with Crippen molar-refractivity contribution in [2.75, 3.05) is 11.9 Å². The molecule has 1 saturated carbocycles. The number of rotatable bonds is 4. The van der Waals surface area contributed by atoms with Crippen LogP contribution in [0.2, 0.25) is 0 Å². The molecule has 1 aliphatic rings. The van der Waals surface area contributed by atoms with Crippen LogP contribution in [0.4, 0.5) is 5.13 Å². The molecule has 1 aromatic rings. The van der Waals surface area contributed by atoms with E-state index in [9.17, 15) is 0 Å². The van der Waals surface area contributed by atoms with Crippen molar-refractivity contribution in [3.05, 3.63) is 5.82 Å². The zero-order chi connectivity index (χ0) is 10.5. The lowest BCUT2D eigenvalue weighted by Gasteiger charge is -2.21. The minimum Gasteiger partial charge on any atom is -0.360 e. The molecule has 0 saturated heterocycles. The quantitative estimate of drug-likeness (QED) is 0.855. The molecule has 15 heavy (non-hydrogen) atoms. The number of aryl methyl sites for hydroxylation is 1. The number of nitrogens with one attached hydrogen (secondary N) is 1. The van der Waals surface area contributed by atoms with Crippen LogP contribution in [0, 0.1) is 5.92 Å². The molecule has 1 aromatic heterocycles. The van der Waals surface area contributed by atoms with Crippen molar-refractivity contribution >= 4 is 16.7 Å². The van der Waals surface area contributed by atoms with E-state index in [1.165, 1.54) is 43.6 Å². The standard InChI is InChI=1S/C11H19N3S/c1-2-10-13-11(15-14-10)12-8-9-6-4-3-5-7-9/h9H,2-8H2,1H3,(H,12,13,14). The van der Waals surface area contributed by atoms with Crippen molar-refractivity contribution in [2.45, 2.75) is 45.4 Å². The fourth-order valence-corrected chi connectivity index (χ4v) is 2.75. The molecule has 0 aromatic carbocycles. The van der Waals surface area contributed by atoms with Crippen LogP contribution >= 0.6 is 11.5 Å². The van der Waals surface area contributed by atoms with Gasteiger partial charge in [-0.15, -0.1) is 0 Å². The first-order valence-corrected chi connectivity index (χ1v) is 6.72. The summed E-state index contributed by atoms with van der Waals surface area (Å²) in [7, 11) is 0. The molecule has 0 aliphatic heterocycles. The van der Waals surface area contributed by atoms with Crippen LogP contribution < -0.4 is 5.32 Å². The van der Waals surface area contributed by atoms with E-state index in [0.29, 0.717) is 0 Å². The van der Waals surface area contributed by atoms with Gasteiger partial charge in [-0.1, -0.05) is 26.2 Å². The lowest BCUT2D eigenvalue weighted by Crippen LogP contribution is -2.16. The van der Waals surface area contributed by atoms with Crippen molar-refractivity contribution in [2.24, 2.45) is 5.92 Å². The largest absolute Gasteiger partial charge is 0.360 e. The maximum Gasteiger partial charge on any atom is 0.202 e. The highest BCUT2D eigenvalue weighted by Gasteiger charge is 2.13. The summed E-state index contributed by atoms with van der Waals surface area (Å²) in [5, 5.41) is 4.41. The van der Waals surface area contributed by atoms with Crippen molar-refractivity contribution in [1.82, 2.24) is 9.36 Å². The molecule has 0 bridgehead atoms. The van der Waals surface area contributed by atoms with Crippen LogP contribution in [0.1, 0.15) is 44.9 Å². The van der Waals surface area contributed by atoms with E-state index in [4.69, 9.17) is 0 Å². The van der Waals surface area contributed by atoms with Gasteiger partial charge in [0.1, 0.15) is 5.82 Å². The second kappa shape index (κ2) is 5.45. The Labute approximate surface area is 95.5 Å². The highest BCUT2D eigenvalue weighted by Crippen LogP contribution is 2.24. The summed E-state index contributed by atoms with van der Waals surface area (Å²) in [4.78, 5) is 4.41. The number of hydrogen-bond acceptors (Lipinski definition) is 4. The van der Waals surface area contributed by atoms with Crippen molar-refractivity contribution < 1.29 is 0 Å². The summed E-state index contributed by atoms with van der Waals surface area (Å²) in [5.41, 5.74) is 0. The van der Waals surface area contributed by atoms with E-state index >= 15 is 0 Å². The molecule has 0 atom stereocenters. The van der Waals surface area contributed by atoms with Gasteiger partial charge in [-0.3, -0.25) is 0 Å². The molecule has 1 N–H and O–H groups in total. The Morgan fingerprint density at radius 3 is 2.80 bits per heavy atom. The number of nitrogens with zero attached hydrogens (tertiary/aromatic N) is 2. The van der Waals surface area contributed by atoms with Crippen molar-refractivity contribution in [3.63, 3.8) is 0 Å². The Hall–Kier alpha value is -0.640. The summed E-state index contributed by atoms with van der Waals surface area (Å²) < 4.78 is 4.27. The maximum absolute atomic E-state index is 4.41. The highest BCUT2D eigenvalue weighted by atomic mass is 32.1. The molecule has 2 rings (SSSR count). The molecule has 1 fully saturated rings. The first-order chi connectivity index (χ1) is 7.38. The van der Waals surface area contributed by atoms with E-state index in [-0.39, 0.29) is 0 Å². The first kappa shape index (κ1) is 10.9. The maximum atomic E-state index is 4.41. The van der Waals surface area contributed by atoms with Crippen LogP contribution in [-0.2, 0) is 6.42 Å². The smallest absolute Gasteiger partial charge is 0.202 e. The molecule has 0 radical (unpaired) electrons. The average molecular weight is 225 g/mol. The van der Waals surface area contributed by atoms with Crippen LogP contribution in [-0.4, -0.2) is 15.9 Å². The lowest BCUT2D eigenvalue weighted by atomic mass is 9.89. The van der Waals surface area contributed by atoms with Gasteiger partial charge in [0.25, 0.3) is 0 Å². The summed E-state index contributed by atoms with van der Waals surface area (Å²) >= 11 is 1.49. The van der Waals surface area contributed by atoms with Gasteiger partial charge in [-0.2, -0.15) is 4.37 Å². The minimum atomic E-state index is 0.854. The molecule has 3 nitrogen and oxygen atoms in total. The number of hydrogen-bond donors (Lipinski definition) is 1. The number of aromatic nitrogens is 2. The molecule has 4 heteroatoms. The van der Waals surface area contributed by atoms with Gasteiger partial charge in [0.05, 0.1) is 0 Å². The Morgan fingerprint density at radius 1 is 1.33 bits per heavy atom. The predicted octanol–water partition coefficient (Wildman–Crippen LogP) is 3.09. The SMILES string of the molecule is CCc1nsc(NCC2CCCCC2)n1. The molecule has 1 aliphatic carbocycles. The molecule has 84 valence electrons. The van der Waals surface area contributed by atoms with Gasteiger partial charge in [0, 0.05) is 24.5 Å². The fourth-order valence-electron chi connectivity index (χ4n) is 2.09. The average Bonchev–Trinajstić information content (AvgIpc) is 2.76. The van der Waals surface area contributed by atoms with E-state index in [1.807, 2.05) is 0 Å². The van der Waals surface area contributed by atoms with E-state index in [1.54, 1.807) is 0 Å². The van der Waals surface area contributed by atoms with E-state index < -0.39 is 0 Å². The van der Waals surface area contributed by atoms with Crippen molar-refractivity contribution in [1.29, 1.82) is 0 Å². The number of anilines is 1. The van der Waals surface area contributed by atoms with E-state index in [0.717, 1.165) is 29.8 Å². The highest BCUT2D eigenvalue weighted by molar-refractivity contribution is 7.09. The first-order valence-electron chi connectivity index (χ1n) is 5.95. The second-order valence-electron chi connectivity index (χ2n) is 4.25. The van der Waals surface area contributed by atoms with Gasteiger partial charge in [0.2, 0.25) is 5.13 Å². The summed E-state index contributed by atoms with van der Waals surface area (Å²) in [6.07, 6.45) is 7.93. The van der Waals surface area contributed by atoms with Gasteiger partial charge < -0.3 is 5.32 Å². The predicted molar refractivity (Wildman–Crippen MR) is 64.4 cm³/mol. The third-order valence-corrected chi connectivity index (χ3v) is 3.76. The van der Waals surface area contributed by atoms with Gasteiger partial charge in [0.15, 0.2) is 0 Å². The van der Waals surface area contributed by atoms with E-state index in [2.05, 4.69) is 21.6 Å². The Kier molecular flexibility index (Phi) is 3.94. The Bertz CT molecular complexity index is 292. The van der Waals surface area contributed by atoms with Crippen LogP contribution in [0.3, 0.4) is 0 Å². The topological polar surface area (TPSA) is 37.8 Å². The normalized spacial score (nSPS) is 17.9. The van der Waals surface area contributed by atoms with Crippen molar-refractivity contribution in [3.8, 4) is 0 Å². The summed E-state index contributed by atoms with van der Waals surface area (Å²) in [5.74, 6) is 1.82. The third-order valence-electron chi connectivity index (χ3n) is 3.05. The summed E-state index contributed by atoms with van der Waals surface area (Å²) in [6, 6.07) is 0. The van der Waals surface area contributed by atoms with Crippen LogP contribution in [0.5, 0.6) is 0 Å². The molecular formula is C11H19N3S. The monoisotopic (exact) mass is 225 g/mol. The lowest BCUT2D eigenvalue weighted by molar-refractivity contribution is 0.373. The molecule has 1 heterocycles. The van der Waals surface area contributed by atoms with Gasteiger partial charge in [-0.25, -0.2) is 4.98 Å². The fraction of sp³-hybridized carbons (Fsp3) is 0.818. The minimum absolute atomic E-state index is 0.854. The molecule has 0 unspecified atom stereocenters. The molecule has 0 amide bonds. The van der Waals surface area contributed by atoms with Gasteiger partial charge in [-0.05, 0) is 18.8 Å². The van der Waals surface area contributed by atoms with Gasteiger partial charge >= 0.3 is 0 Å². The Balaban J connectivity index is 1.76. The van der Waals surface area contributed by atoms with Crippen LogP contribution in [0.25, 0.3) is 0 Å². The zero-order valence-corrected chi connectivity index (χ0v) is 10.1.